The maximum atomic E-state index is 13.2. The summed E-state index contributed by atoms with van der Waals surface area (Å²) in [7, 11) is -3.17. The highest BCUT2D eigenvalue weighted by atomic mass is 35.5. The van der Waals surface area contributed by atoms with Gasteiger partial charge in [0.25, 0.3) is 5.91 Å². The van der Waals surface area contributed by atoms with Gasteiger partial charge < -0.3 is 10.1 Å². The van der Waals surface area contributed by atoms with Gasteiger partial charge in [0.1, 0.15) is 15.6 Å². The predicted molar refractivity (Wildman–Crippen MR) is 137 cm³/mol. The first-order valence-electron chi connectivity index (χ1n) is 12.8. The Morgan fingerprint density at radius 3 is 2.21 bits per heavy atom. The average molecular weight is 654 g/mol. The molecule has 17 heteroatoms. The number of nitrogens with one attached hydrogen (secondary N) is 1. The summed E-state index contributed by atoms with van der Waals surface area (Å²) in [4.78, 5) is 12.9. The molecule has 1 aromatic carbocycles. The Kier molecular flexibility index (Phi) is 10.4. The van der Waals surface area contributed by atoms with Crippen LogP contribution in [0.5, 0.6) is 5.75 Å². The molecule has 0 bridgehead atoms. The Bertz CT molecular complexity index is 1360. The average Bonchev–Trinajstić information content (AvgIpc) is 3.20. The topological polar surface area (TPSA) is 90.3 Å². The predicted octanol–water partition coefficient (Wildman–Crippen LogP) is 6.44. The first-order valence-corrected chi connectivity index (χ1v) is 15.1. The minimum absolute atomic E-state index is 0.00531. The van der Waals surface area contributed by atoms with Crippen molar-refractivity contribution in [2.75, 3.05) is 12.8 Å². The van der Waals surface area contributed by atoms with E-state index in [4.69, 9.17) is 11.6 Å². The van der Waals surface area contributed by atoms with Crippen molar-refractivity contribution in [1.29, 1.82) is 0 Å². The van der Waals surface area contributed by atoms with Gasteiger partial charge in [-0.25, -0.2) is 8.42 Å². The lowest BCUT2D eigenvalue weighted by Gasteiger charge is -2.27. The maximum absolute atomic E-state index is 13.2. The molecule has 3 rings (SSSR count). The number of ether oxygens (including phenoxy) is 1. The Hall–Kier alpha value is -2.62. The number of aryl methyl sites for hydroxylation is 1. The third-order valence-electron chi connectivity index (χ3n) is 7.11. The van der Waals surface area contributed by atoms with Gasteiger partial charge in [-0.05, 0) is 62.6 Å². The van der Waals surface area contributed by atoms with Crippen LogP contribution in [0.25, 0.3) is 11.3 Å². The first kappa shape index (κ1) is 33.9. The number of nitrogens with zero attached hydrogens (tertiary/aromatic N) is 2. The molecule has 1 heterocycles. The molecule has 7 nitrogen and oxygen atoms in total. The van der Waals surface area contributed by atoms with Crippen LogP contribution in [-0.2, 0) is 22.8 Å². The van der Waals surface area contributed by atoms with Crippen LogP contribution in [0.2, 0.25) is 5.02 Å². The standard InChI is InChI=1S/C25H28ClF8N3O4S/c1-3-37-21(19(26)20(36-37)22(38)35-12-13-4-7-15(8-5-13)42(2,39)40)16-9-6-14(10-17(16)41-23(27)28)11-18(24(29,30)31)25(32,33)34/h6,9-10,13,15,18,23H,3-5,7-8,11-12H2,1-2H3,(H,35,38). The van der Waals surface area contributed by atoms with Crippen LogP contribution in [-0.4, -0.2) is 61.1 Å². The SMILES string of the molecule is CCn1nc(C(=O)NCC2CCC(S(C)(=O)=O)CC2)c(Cl)c1-c1ccc(CC(C(F)(F)F)C(F)(F)F)cc1OC(F)F. The van der Waals surface area contributed by atoms with Gasteiger partial charge >= 0.3 is 19.0 Å². The summed E-state index contributed by atoms with van der Waals surface area (Å²) in [5, 5.41) is 6.05. The largest absolute Gasteiger partial charge is 0.434 e. The van der Waals surface area contributed by atoms with E-state index < -0.39 is 63.6 Å². The second-order valence-electron chi connectivity index (χ2n) is 10.1. The zero-order valence-electron chi connectivity index (χ0n) is 22.3. The van der Waals surface area contributed by atoms with Gasteiger partial charge in [0.05, 0.1) is 16.0 Å². The molecule has 1 fully saturated rings. The van der Waals surface area contributed by atoms with Crippen molar-refractivity contribution in [3.63, 3.8) is 0 Å². The molecule has 1 aliphatic carbocycles. The lowest BCUT2D eigenvalue weighted by atomic mass is 9.89. The molecule has 2 aromatic rings. The number of aromatic nitrogens is 2. The van der Waals surface area contributed by atoms with E-state index in [0.717, 1.165) is 16.8 Å². The third-order valence-corrected chi connectivity index (χ3v) is 9.15. The van der Waals surface area contributed by atoms with Crippen LogP contribution >= 0.6 is 11.6 Å². The van der Waals surface area contributed by atoms with Crippen molar-refractivity contribution in [1.82, 2.24) is 15.1 Å². The molecule has 42 heavy (non-hydrogen) atoms. The first-order chi connectivity index (χ1) is 19.3. The number of carbonyl (C=O) groups excluding carboxylic acids is 1. The molecule has 1 N–H and O–H groups in total. The summed E-state index contributed by atoms with van der Waals surface area (Å²) >= 11 is 6.43. The van der Waals surface area contributed by atoms with Crippen LogP contribution < -0.4 is 10.1 Å². The zero-order chi connectivity index (χ0) is 31.6. The van der Waals surface area contributed by atoms with Crippen molar-refractivity contribution in [3.05, 3.63) is 34.5 Å². The molecule has 0 atom stereocenters. The second-order valence-corrected chi connectivity index (χ2v) is 12.8. The molecule has 1 amide bonds. The van der Waals surface area contributed by atoms with Crippen molar-refractivity contribution in [3.8, 4) is 17.0 Å². The highest BCUT2D eigenvalue weighted by Gasteiger charge is 2.56. The van der Waals surface area contributed by atoms with Gasteiger partial charge in [0.2, 0.25) is 0 Å². The maximum Gasteiger partial charge on any atom is 0.400 e. The number of benzene rings is 1. The van der Waals surface area contributed by atoms with E-state index in [0.29, 0.717) is 31.7 Å². The van der Waals surface area contributed by atoms with Gasteiger partial charge in [-0.1, -0.05) is 17.7 Å². The molecular weight excluding hydrogens is 626 g/mol. The zero-order valence-corrected chi connectivity index (χ0v) is 23.9. The van der Waals surface area contributed by atoms with E-state index in [1.54, 1.807) is 6.92 Å². The smallest absolute Gasteiger partial charge is 0.400 e. The van der Waals surface area contributed by atoms with E-state index in [2.05, 4.69) is 15.2 Å². The van der Waals surface area contributed by atoms with Crippen LogP contribution in [0.15, 0.2) is 18.2 Å². The number of rotatable bonds is 10. The number of sulfone groups is 1. The van der Waals surface area contributed by atoms with Crippen molar-refractivity contribution < 1.29 is 53.1 Å². The Labute approximate surface area is 241 Å². The Morgan fingerprint density at radius 2 is 1.71 bits per heavy atom. The highest BCUT2D eigenvalue weighted by Crippen LogP contribution is 2.43. The third kappa shape index (κ3) is 8.26. The molecular formula is C25H28ClF8N3O4S. The van der Waals surface area contributed by atoms with Crippen molar-refractivity contribution in [2.24, 2.45) is 11.8 Å². The number of hydrogen-bond acceptors (Lipinski definition) is 5. The van der Waals surface area contributed by atoms with Crippen LogP contribution in [0.4, 0.5) is 35.1 Å². The molecule has 1 aliphatic rings. The van der Waals surface area contributed by atoms with Gasteiger partial charge in [-0.2, -0.15) is 40.2 Å². The minimum atomic E-state index is -5.64. The fourth-order valence-corrected chi connectivity index (χ4v) is 6.34. The molecule has 0 saturated heterocycles. The van der Waals surface area contributed by atoms with Crippen LogP contribution in [0.1, 0.15) is 48.7 Å². The van der Waals surface area contributed by atoms with Crippen LogP contribution in [0.3, 0.4) is 0 Å². The fraction of sp³-hybridized carbons (Fsp3) is 0.600. The van der Waals surface area contributed by atoms with Crippen molar-refractivity contribution in [2.45, 2.75) is 69.8 Å². The molecule has 0 radical (unpaired) electrons. The highest BCUT2D eigenvalue weighted by molar-refractivity contribution is 7.91. The van der Waals surface area contributed by atoms with Gasteiger partial charge in [0, 0.05) is 24.9 Å². The van der Waals surface area contributed by atoms with Crippen molar-refractivity contribution >= 4 is 27.3 Å². The number of hydrogen-bond donors (Lipinski definition) is 1. The minimum Gasteiger partial charge on any atom is -0.434 e. The lowest BCUT2D eigenvalue weighted by molar-refractivity contribution is -0.283. The Morgan fingerprint density at radius 1 is 1.12 bits per heavy atom. The van der Waals surface area contributed by atoms with Gasteiger partial charge in [-0.15, -0.1) is 0 Å². The van der Waals surface area contributed by atoms with E-state index in [1.165, 1.54) is 6.26 Å². The van der Waals surface area contributed by atoms with E-state index in [9.17, 15) is 48.3 Å². The van der Waals surface area contributed by atoms with E-state index in [1.807, 2.05) is 0 Å². The molecule has 0 aliphatic heterocycles. The number of carbonyl (C=O) groups is 1. The summed E-state index contributed by atoms with van der Waals surface area (Å²) in [6, 6.07) is 2.52. The summed E-state index contributed by atoms with van der Waals surface area (Å²) in [5.74, 6) is -5.22. The number of amides is 1. The van der Waals surface area contributed by atoms with Gasteiger partial charge in [0.15, 0.2) is 11.6 Å². The van der Waals surface area contributed by atoms with Crippen LogP contribution in [0, 0.1) is 11.8 Å². The Balaban J connectivity index is 1.88. The molecule has 0 unspecified atom stereocenters. The molecule has 1 saturated carbocycles. The molecule has 1 aromatic heterocycles. The second kappa shape index (κ2) is 12.9. The summed E-state index contributed by atoms with van der Waals surface area (Å²) in [5.41, 5.74) is -1.20. The molecule has 0 spiro atoms. The summed E-state index contributed by atoms with van der Waals surface area (Å²) < 4.78 is 134. The van der Waals surface area contributed by atoms with E-state index in [-0.39, 0.29) is 41.0 Å². The fourth-order valence-electron chi connectivity index (χ4n) is 4.89. The summed E-state index contributed by atoms with van der Waals surface area (Å²) in [6.07, 6.45) is -9.66. The number of halogens is 9. The normalized spacial score (nSPS) is 18.5. The van der Waals surface area contributed by atoms with Gasteiger partial charge in [-0.3, -0.25) is 9.48 Å². The summed E-state index contributed by atoms with van der Waals surface area (Å²) in [6.45, 7) is -1.67. The molecule has 236 valence electrons. The monoisotopic (exact) mass is 653 g/mol. The number of alkyl halides is 8. The lowest BCUT2D eigenvalue weighted by Crippen LogP contribution is -2.38. The quantitative estimate of drug-likeness (QED) is 0.298. The van der Waals surface area contributed by atoms with E-state index >= 15 is 0 Å².